The van der Waals surface area contributed by atoms with Crippen LogP contribution in [0.3, 0.4) is 0 Å². The van der Waals surface area contributed by atoms with Crippen molar-refractivity contribution in [1.29, 1.82) is 10.5 Å². The van der Waals surface area contributed by atoms with Crippen LogP contribution in [0.4, 0.5) is 35.2 Å². The summed E-state index contributed by atoms with van der Waals surface area (Å²) in [5.74, 6) is 1.97. The molecular weight excluding hydrogens is 652 g/mol. The smallest absolute Gasteiger partial charge is 0.322 e. The number of rotatable bonds is 18. The molecule has 2 heterocycles. The van der Waals surface area contributed by atoms with Crippen molar-refractivity contribution in [2.45, 2.75) is 34.1 Å². The van der Waals surface area contributed by atoms with Gasteiger partial charge in [0.1, 0.15) is 36.9 Å². The number of ether oxygens (including phenoxy) is 4. The number of nitrogens with zero attached hydrogens (tertiary/aromatic N) is 8. The van der Waals surface area contributed by atoms with Crippen molar-refractivity contribution in [1.82, 2.24) is 29.9 Å². The van der Waals surface area contributed by atoms with Gasteiger partial charge in [-0.25, -0.2) is 0 Å². The highest BCUT2D eigenvalue weighted by atomic mass is 16.5. The normalized spacial score (nSPS) is 10.1. The standard InChI is InChI=1S/C35H40N12O4/c1-22(2)12-16-50-28-18-26(10-8-24(28)20-36)40-32-42-30(44-34(46-32)48-5)38-14-7-15-39-31-43-33(47-35(45-31)49-6)41-27-11-9-25(21-37)29(19-27)51-17-13-23(3)4/h8-13,18-19H,7,14-17H2,1-6H3,(H2,38,40,42,44,46)(H2,39,41,43,45,47). The highest BCUT2D eigenvalue weighted by Crippen LogP contribution is 2.27. The number of hydrogen-bond donors (Lipinski definition) is 4. The van der Waals surface area contributed by atoms with Crippen LogP contribution in [-0.2, 0) is 0 Å². The molecule has 0 saturated heterocycles. The Morgan fingerprint density at radius 2 is 1.04 bits per heavy atom. The maximum absolute atomic E-state index is 9.49. The van der Waals surface area contributed by atoms with Crippen LogP contribution in [-0.4, -0.2) is 70.4 Å². The van der Waals surface area contributed by atoms with Crippen molar-refractivity contribution < 1.29 is 18.9 Å². The van der Waals surface area contributed by atoms with E-state index < -0.39 is 0 Å². The summed E-state index contributed by atoms with van der Waals surface area (Å²) in [4.78, 5) is 26.1. The highest BCUT2D eigenvalue weighted by Gasteiger charge is 2.12. The van der Waals surface area contributed by atoms with Gasteiger partial charge in [0.05, 0.1) is 25.3 Å². The Bertz CT molecular complexity index is 1810. The molecule has 0 unspecified atom stereocenters. The van der Waals surface area contributed by atoms with Crippen molar-refractivity contribution >= 4 is 35.2 Å². The molecule has 16 heteroatoms. The molecule has 16 nitrogen and oxygen atoms in total. The van der Waals surface area contributed by atoms with E-state index in [-0.39, 0.29) is 23.9 Å². The molecule has 0 radical (unpaired) electrons. The summed E-state index contributed by atoms with van der Waals surface area (Å²) in [6.45, 7) is 9.57. The first-order chi connectivity index (χ1) is 24.7. The van der Waals surface area contributed by atoms with Gasteiger partial charge in [-0.2, -0.15) is 40.4 Å². The molecule has 0 aliphatic heterocycles. The van der Waals surface area contributed by atoms with Gasteiger partial charge in [0, 0.05) is 36.6 Å². The van der Waals surface area contributed by atoms with E-state index in [2.05, 4.69) is 63.3 Å². The van der Waals surface area contributed by atoms with E-state index in [9.17, 15) is 10.5 Å². The molecule has 2 aromatic heterocycles. The number of methoxy groups -OCH3 is 2. The Hall–Kier alpha value is -6.68. The fourth-order valence-corrected chi connectivity index (χ4v) is 4.13. The number of hydrogen-bond acceptors (Lipinski definition) is 16. The van der Waals surface area contributed by atoms with E-state index >= 15 is 0 Å². The lowest BCUT2D eigenvalue weighted by Gasteiger charge is -2.12. The maximum Gasteiger partial charge on any atom is 0.322 e. The van der Waals surface area contributed by atoms with E-state index in [4.69, 9.17) is 18.9 Å². The second-order valence-corrected chi connectivity index (χ2v) is 11.2. The topological polar surface area (TPSA) is 210 Å². The van der Waals surface area contributed by atoms with Crippen molar-refractivity contribution in [3.05, 3.63) is 70.8 Å². The first-order valence-electron chi connectivity index (χ1n) is 15.9. The fourth-order valence-electron chi connectivity index (χ4n) is 4.13. The Labute approximate surface area is 296 Å². The molecule has 51 heavy (non-hydrogen) atoms. The van der Waals surface area contributed by atoms with Gasteiger partial charge in [-0.05, 0) is 70.5 Å². The largest absolute Gasteiger partial charge is 0.488 e. The van der Waals surface area contributed by atoms with Crippen LogP contribution in [0.1, 0.15) is 45.2 Å². The fraction of sp³-hybridized carbons (Fsp3) is 0.314. The van der Waals surface area contributed by atoms with Gasteiger partial charge in [0.25, 0.3) is 0 Å². The summed E-state index contributed by atoms with van der Waals surface area (Å²) in [6, 6.07) is 14.8. The van der Waals surface area contributed by atoms with Gasteiger partial charge in [0.2, 0.25) is 23.8 Å². The number of allylic oxidation sites excluding steroid dienone is 2. The van der Waals surface area contributed by atoms with Crippen LogP contribution in [0.25, 0.3) is 0 Å². The molecule has 0 atom stereocenters. The Morgan fingerprint density at radius 1 is 0.627 bits per heavy atom. The van der Waals surface area contributed by atoms with E-state index in [0.29, 0.717) is 78.6 Å². The third kappa shape index (κ3) is 11.8. The molecule has 0 fully saturated rings. The molecule has 4 aromatic rings. The van der Waals surface area contributed by atoms with E-state index in [1.807, 2.05) is 39.8 Å². The van der Waals surface area contributed by atoms with Gasteiger partial charge in [-0.15, -0.1) is 0 Å². The molecule has 0 spiro atoms. The molecule has 264 valence electrons. The lowest BCUT2D eigenvalue weighted by molar-refractivity contribution is 0.361. The number of nitriles is 2. The lowest BCUT2D eigenvalue weighted by atomic mass is 10.2. The molecule has 0 aliphatic carbocycles. The highest BCUT2D eigenvalue weighted by molar-refractivity contribution is 5.62. The number of aromatic nitrogens is 6. The first kappa shape index (κ1) is 37.1. The zero-order valence-corrected chi connectivity index (χ0v) is 29.4. The van der Waals surface area contributed by atoms with Crippen molar-refractivity contribution in [3.63, 3.8) is 0 Å². The summed E-state index contributed by atoms with van der Waals surface area (Å²) < 4.78 is 22.2. The third-order valence-electron chi connectivity index (χ3n) is 6.69. The SMILES string of the molecule is COc1nc(NCCCNc2nc(Nc3ccc(C#N)c(OCC=C(C)C)c3)nc(OC)n2)nc(Nc2ccc(C#N)c(OCC=C(C)C)c2)n1. The first-order valence-corrected chi connectivity index (χ1v) is 15.9. The predicted octanol–water partition coefficient (Wildman–Crippen LogP) is 5.91. The van der Waals surface area contributed by atoms with Crippen LogP contribution in [0.15, 0.2) is 59.7 Å². The maximum atomic E-state index is 9.49. The van der Waals surface area contributed by atoms with Crippen LogP contribution in [0.2, 0.25) is 0 Å². The van der Waals surface area contributed by atoms with Crippen LogP contribution >= 0.6 is 0 Å². The Balaban J connectivity index is 1.35. The minimum Gasteiger partial charge on any atom is -0.488 e. The van der Waals surface area contributed by atoms with Gasteiger partial charge in [-0.1, -0.05) is 11.1 Å². The van der Waals surface area contributed by atoms with E-state index in [1.165, 1.54) is 14.2 Å². The van der Waals surface area contributed by atoms with Gasteiger partial charge >= 0.3 is 12.0 Å². The zero-order chi connectivity index (χ0) is 36.6. The Kier molecular flexibility index (Phi) is 13.7. The molecular formula is C35H40N12O4. The van der Waals surface area contributed by atoms with Crippen molar-refractivity contribution in [2.24, 2.45) is 0 Å². The third-order valence-corrected chi connectivity index (χ3v) is 6.69. The minimum atomic E-state index is 0.118. The number of benzene rings is 2. The second-order valence-electron chi connectivity index (χ2n) is 11.2. The molecule has 0 saturated carbocycles. The molecule has 0 amide bonds. The van der Waals surface area contributed by atoms with Crippen molar-refractivity contribution in [2.75, 3.05) is 61.8 Å². The lowest BCUT2D eigenvalue weighted by Crippen LogP contribution is -2.14. The summed E-state index contributed by atoms with van der Waals surface area (Å²) in [6.07, 6.45) is 4.50. The zero-order valence-electron chi connectivity index (χ0n) is 29.4. The summed E-state index contributed by atoms with van der Waals surface area (Å²) in [5.41, 5.74) is 4.30. The monoisotopic (exact) mass is 692 g/mol. The quantitative estimate of drug-likeness (QED) is 0.0705. The molecule has 4 N–H and O–H groups in total. The second kappa shape index (κ2) is 18.8. The van der Waals surface area contributed by atoms with E-state index in [0.717, 1.165) is 11.1 Å². The Morgan fingerprint density at radius 3 is 1.41 bits per heavy atom. The van der Waals surface area contributed by atoms with Crippen LogP contribution in [0, 0.1) is 22.7 Å². The van der Waals surface area contributed by atoms with Crippen LogP contribution in [0.5, 0.6) is 23.5 Å². The minimum absolute atomic E-state index is 0.118. The average molecular weight is 693 g/mol. The number of nitrogens with one attached hydrogen (secondary N) is 4. The van der Waals surface area contributed by atoms with Crippen LogP contribution < -0.4 is 40.2 Å². The number of anilines is 6. The van der Waals surface area contributed by atoms with Gasteiger partial charge in [-0.3, -0.25) is 0 Å². The molecule has 2 aromatic carbocycles. The summed E-state index contributed by atoms with van der Waals surface area (Å²) in [5, 5.41) is 31.6. The summed E-state index contributed by atoms with van der Waals surface area (Å²) >= 11 is 0. The molecule has 0 bridgehead atoms. The van der Waals surface area contributed by atoms with Crippen molar-refractivity contribution in [3.8, 4) is 35.7 Å². The van der Waals surface area contributed by atoms with Gasteiger partial charge < -0.3 is 40.2 Å². The molecule has 4 rings (SSSR count). The molecule has 0 aliphatic rings. The average Bonchev–Trinajstić information content (AvgIpc) is 3.11. The van der Waals surface area contributed by atoms with E-state index in [1.54, 1.807) is 36.4 Å². The summed E-state index contributed by atoms with van der Waals surface area (Å²) in [7, 11) is 2.94. The van der Waals surface area contributed by atoms with Gasteiger partial charge in [0.15, 0.2) is 0 Å². The predicted molar refractivity (Wildman–Crippen MR) is 193 cm³/mol.